The van der Waals surface area contributed by atoms with E-state index in [0.717, 1.165) is 0 Å². The minimum Gasteiger partial charge on any atom is -0.507 e. The third-order valence-electron chi connectivity index (χ3n) is 4.03. The van der Waals surface area contributed by atoms with E-state index in [1.807, 2.05) is 0 Å². The predicted octanol–water partition coefficient (Wildman–Crippen LogP) is 3.49. The van der Waals surface area contributed by atoms with Gasteiger partial charge in [0, 0.05) is 23.3 Å². The second-order valence-electron chi connectivity index (χ2n) is 5.54. The minimum absolute atomic E-state index is 0.115. The van der Waals surface area contributed by atoms with Crippen LogP contribution in [0.25, 0.3) is 11.1 Å². The SMILES string of the molecule is CCOC(=O)c1cc(-c2ccc([N+](=O)[O-])cc2)c(C(=O)OC)c(O)c1CC. The molecule has 0 aliphatic rings. The lowest BCUT2D eigenvalue weighted by molar-refractivity contribution is -0.384. The van der Waals surface area contributed by atoms with Gasteiger partial charge in [0.25, 0.3) is 5.69 Å². The van der Waals surface area contributed by atoms with Crippen LogP contribution >= 0.6 is 0 Å². The predicted molar refractivity (Wildman–Crippen MR) is 96.9 cm³/mol. The fourth-order valence-electron chi connectivity index (χ4n) is 2.76. The number of nitrogens with zero attached hydrogens (tertiary/aromatic N) is 1. The van der Waals surface area contributed by atoms with Crippen molar-refractivity contribution in [3.05, 3.63) is 57.1 Å². The van der Waals surface area contributed by atoms with E-state index in [2.05, 4.69) is 0 Å². The molecule has 0 amide bonds. The summed E-state index contributed by atoms with van der Waals surface area (Å²) in [6.45, 7) is 3.53. The van der Waals surface area contributed by atoms with Gasteiger partial charge >= 0.3 is 11.9 Å². The molecule has 0 aliphatic carbocycles. The number of hydrogen-bond donors (Lipinski definition) is 1. The third kappa shape index (κ3) is 3.89. The van der Waals surface area contributed by atoms with Crippen LogP contribution in [0.5, 0.6) is 5.75 Å². The average Bonchev–Trinajstić information content (AvgIpc) is 2.66. The highest BCUT2D eigenvalue weighted by Crippen LogP contribution is 2.37. The number of hydrogen-bond acceptors (Lipinski definition) is 7. The van der Waals surface area contributed by atoms with Gasteiger partial charge in [-0.1, -0.05) is 6.92 Å². The summed E-state index contributed by atoms with van der Waals surface area (Å²) in [6, 6.07) is 6.83. The number of aromatic hydroxyl groups is 1. The van der Waals surface area contributed by atoms with Crippen LogP contribution in [-0.2, 0) is 15.9 Å². The van der Waals surface area contributed by atoms with E-state index in [1.54, 1.807) is 13.8 Å². The molecule has 0 saturated heterocycles. The summed E-state index contributed by atoms with van der Waals surface area (Å²) in [4.78, 5) is 34.9. The van der Waals surface area contributed by atoms with Gasteiger partial charge in [0.15, 0.2) is 0 Å². The molecule has 0 fully saturated rings. The number of rotatable bonds is 6. The Hall–Kier alpha value is -3.42. The van der Waals surface area contributed by atoms with E-state index in [9.17, 15) is 24.8 Å². The second-order valence-corrected chi connectivity index (χ2v) is 5.54. The number of nitro benzene ring substituents is 1. The zero-order chi connectivity index (χ0) is 20.1. The van der Waals surface area contributed by atoms with Crippen LogP contribution in [0.2, 0.25) is 0 Å². The summed E-state index contributed by atoms with van der Waals surface area (Å²) in [5.74, 6) is -1.79. The molecular weight excluding hydrogens is 354 g/mol. The van der Waals surface area contributed by atoms with Gasteiger partial charge in [-0.2, -0.15) is 0 Å². The minimum atomic E-state index is -0.786. The van der Waals surface area contributed by atoms with Gasteiger partial charge in [0.2, 0.25) is 0 Å². The van der Waals surface area contributed by atoms with Gasteiger partial charge in [-0.15, -0.1) is 0 Å². The molecule has 8 nitrogen and oxygen atoms in total. The van der Waals surface area contributed by atoms with Crippen molar-refractivity contribution in [1.29, 1.82) is 0 Å². The van der Waals surface area contributed by atoms with Gasteiger partial charge in [0.1, 0.15) is 11.3 Å². The first-order valence-corrected chi connectivity index (χ1v) is 8.24. The average molecular weight is 373 g/mol. The normalized spacial score (nSPS) is 10.3. The monoisotopic (exact) mass is 373 g/mol. The van der Waals surface area contributed by atoms with Crippen LogP contribution < -0.4 is 0 Å². The zero-order valence-corrected chi connectivity index (χ0v) is 15.1. The first-order valence-electron chi connectivity index (χ1n) is 8.24. The Kier molecular flexibility index (Phi) is 6.12. The molecule has 8 heteroatoms. The van der Waals surface area contributed by atoms with Gasteiger partial charge in [0.05, 0.1) is 24.2 Å². The Balaban J connectivity index is 2.78. The molecule has 1 N–H and O–H groups in total. The van der Waals surface area contributed by atoms with Gasteiger partial charge in [-0.25, -0.2) is 9.59 Å². The van der Waals surface area contributed by atoms with Crippen molar-refractivity contribution in [3.63, 3.8) is 0 Å². The maximum absolute atomic E-state index is 12.3. The number of phenols is 1. The van der Waals surface area contributed by atoms with Crippen molar-refractivity contribution in [3.8, 4) is 16.9 Å². The number of benzene rings is 2. The van der Waals surface area contributed by atoms with Crippen LogP contribution in [0.3, 0.4) is 0 Å². The molecule has 0 heterocycles. The largest absolute Gasteiger partial charge is 0.507 e. The highest BCUT2D eigenvalue weighted by molar-refractivity contribution is 6.04. The molecule has 0 bridgehead atoms. The summed E-state index contributed by atoms with van der Waals surface area (Å²) in [6.07, 6.45) is 0.282. The van der Waals surface area contributed by atoms with Gasteiger partial charge in [-0.05, 0) is 37.1 Å². The summed E-state index contributed by atoms with van der Waals surface area (Å²) < 4.78 is 9.80. The number of non-ortho nitro benzene ring substituents is 1. The molecule has 0 radical (unpaired) electrons. The van der Waals surface area contributed by atoms with Crippen molar-refractivity contribution < 1.29 is 29.1 Å². The van der Waals surface area contributed by atoms with Crippen molar-refractivity contribution in [2.75, 3.05) is 13.7 Å². The number of carbonyl (C=O) groups is 2. The Morgan fingerprint density at radius 3 is 2.26 bits per heavy atom. The lowest BCUT2D eigenvalue weighted by atomic mass is 9.91. The molecule has 0 aliphatic heterocycles. The van der Waals surface area contributed by atoms with Crippen LogP contribution in [0.1, 0.15) is 40.1 Å². The Bertz CT molecular complexity index is 888. The molecular formula is C19H19NO7. The van der Waals surface area contributed by atoms with E-state index in [0.29, 0.717) is 5.56 Å². The van der Waals surface area contributed by atoms with Crippen LogP contribution in [0, 0.1) is 10.1 Å². The van der Waals surface area contributed by atoms with E-state index in [-0.39, 0.29) is 46.7 Å². The summed E-state index contributed by atoms with van der Waals surface area (Å²) in [5.41, 5.74) is 0.769. The zero-order valence-electron chi connectivity index (χ0n) is 15.1. The van der Waals surface area contributed by atoms with E-state index < -0.39 is 16.9 Å². The van der Waals surface area contributed by atoms with Crippen molar-refractivity contribution >= 4 is 17.6 Å². The first kappa shape index (κ1) is 19.9. The molecule has 0 unspecified atom stereocenters. The maximum atomic E-state index is 12.3. The number of esters is 2. The molecule has 2 aromatic carbocycles. The lowest BCUT2D eigenvalue weighted by Crippen LogP contribution is -2.12. The van der Waals surface area contributed by atoms with Gasteiger partial charge < -0.3 is 14.6 Å². The van der Waals surface area contributed by atoms with Crippen molar-refractivity contribution in [1.82, 2.24) is 0 Å². The van der Waals surface area contributed by atoms with E-state index in [1.165, 1.54) is 37.4 Å². The van der Waals surface area contributed by atoms with E-state index >= 15 is 0 Å². The smallest absolute Gasteiger partial charge is 0.342 e. The Morgan fingerprint density at radius 2 is 1.78 bits per heavy atom. The van der Waals surface area contributed by atoms with Crippen LogP contribution in [0.4, 0.5) is 5.69 Å². The highest BCUT2D eigenvalue weighted by Gasteiger charge is 2.26. The lowest BCUT2D eigenvalue weighted by Gasteiger charge is -2.17. The number of ether oxygens (including phenoxy) is 2. The molecule has 0 spiro atoms. The molecule has 0 aromatic heterocycles. The molecule has 0 saturated carbocycles. The topological polar surface area (TPSA) is 116 Å². The standard InChI is InChI=1S/C19H19NO7/c1-4-13-15(18(22)27-5-2)10-14(16(17(13)21)19(23)26-3)11-6-8-12(9-7-11)20(24)25/h6-10,21H,4-5H2,1-3H3. The highest BCUT2D eigenvalue weighted by atomic mass is 16.6. The fraction of sp³-hybridized carbons (Fsp3) is 0.263. The molecule has 0 atom stereocenters. The number of phenolic OH excluding ortho intramolecular Hbond substituents is 1. The van der Waals surface area contributed by atoms with E-state index in [4.69, 9.17) is 9.47 Å². The van der Waals surface area contributed by atoms with Crippen LogP contribution in [0.15, 0.2) is 30.3 Å². The Labute approximate surface area is 155 Å². The van der Waals surface area contributed by atoms with Gasteiger partial charge in [-0.3, -0.25) is 10.1 Å². The van der Waals surface area contributed by atoms with Crippen LogP contribution in [-0.4, -0.2) is 35.7 Å². The molecule has 2 aromatic rings. The third-order valence-corrected chi connectivity index (χ3v) is 4.03. The van der Waals surface area contributed by atoms with Crippen molar-refractivity contribution in [2.45, 2.75) is 20.3 Å². The quantitative estimate of drug-likeness (QED) is 0.468. The molecule has 27 heavy (non-hydrogen) atoms. The maximum Gasteiger partial charge on any atom is 0.342 e. The fourth-order valence-corrected chi connectivity index (χ4v) is 2.76. The number of nitro groups is 1. The van der Waals surface area contributed by atoms with Crippen molar-refractivity contribution in [2.24, 2.45) is 0 Å². The molecule has 142 valence electrons. The second kappa shape index (κ2) is 8.31. The number of methoxy groups -OCH3 is 1. The first-order chi connectivity index (χ1) is 12.8. The molecule has 2 rings (SSSR count). The summed E-state index contributed by atoms with van der Waals surface area (Å²) in [7, 11) is 1.17. The summed E-state index contributed by atoms with van der Waals surface area (Å²) >= 11 is 0. The Morgan fingerprint density at radius 1 is 1.15 bits per heavy atom. The number of carbonyl (C=O) groups excluding carboxylic acids is 2. The summed E-state index contributed by atoms with van der Waals surface area (Å²) in [5, 5.41) is 21.5.